The van der Waals surface area contributed by atoms with Crippen LogP contribution in [-0.2, 0) is 21.7 Å². The molecule has 1 atom stereocenters. The molecule has 0 radical (unpaired) electrons. The number of fused-ring (bicyclic) bond motifs is 1. The Hall–Kier alpha value is -0.629. The average Bonchev–Trinajstić information content (AvgIpc) is 2.65. The summed E-state index contributed by atoms with van der Waals surface area (Å²) in [7, 11) is -0.586. The van der Waals surface area contributed by atoms with E-state index in [1.807, 2.05) is 13.8 Å². The summed E-state index contributed by atoms with van der Waals surface area (Å²) in [6, 6.07) is 8.82. The fraction of sp³-hybridized carbons (Fsp3) is 0.333. The summed E-state index contributed by atoms with van der Waals surface area (Å²) in [5.74, 6) is 0. The summed E-state index contributed by atoms with van der Waals surface area (Å²) >= 11 is 0. The van der Waals surface area contributed by atoms with Gasteiger partial charge in [-0.25, -0.2) is 0 Å². The van der Waals surface area contributed by atoms with Crippen molar-refractivity contribution < 1.29 is 21.7 Å². The smallest absolute Gasteiger partial charge is 0.0959 e. The summed E-state index contributed by atoms with van der Waals surface area (Å²) in [5, 5.41) is 0. The molecule has 0 N–H and O–H groups in total. The van der Waals surface area contributed by atoms with E-state index in [1.54, 1.807) is 11.1 Å². The van der Waals surface area contributed by atoms with Crippen LogP contribution >= 0.6 is 0 Å². The molecule has 1 aliphatic rings. The average molecular weight is 318 g/mol. The summed E-state index contributed by atoms with van der Waals surface area (Å²) in [4.78, 5) is 0. The second kappa shape index (κ2) is 8.61. The first kappa shape index (κ1) is 19.4. The first-order valence-corrected chi connectivity index (χ1v) is 9.90. The molecule has 0 amide bonds. The molecule has 0 saturated carbocycles. The Morgan fingerprint density at radius 3 is 2.00 bits per heavy atom. The Morgan fingerprint density at radius 2 is 1.55 bits per heavy atom. The van der Waals surface area contributed by atoms with Crippen molar-refractivity contribution in [1.82, 2.24) is 0 Å². The molecule has 102 valence electrons. The van der Waals surface area contributed by atoms with Crippen LogP contribution < -0.4 is 0 Å². The summed E-state index contributed by atoms with van der Waals surface area (Å²) in [6.07, 6.45) is 2.35. The zero-order valence-electron chi connectivity index (χ0n) is 13.5. The van der Waals surface area contributed by atoms with Gasteiger partial charge >= 0.3 is 21.7 Å². The van der Waals surface area contributed by atoms with Gasteiger partial charge in [-0.15, -0.1) is 0 Å². The van der Waals surface area contributed by atoms with Gasteiger partial charge in [-0.1, -0.05) is 73.3 Å². The molecule has 20 heavy (non-hydrogen) atoms. The van der Waals surface area contributed by atoms with Crippen molar-refractivity contribution in [2.24, 2.45) is 0 Å². The molecule has 0 nitrogen and oxygen atoms in total. The fourth-order valence-electron chi connectivity index (χ4n) is 2.39. The van der Waals surface area contributed by atoms with Crippen LogP contribution in [0.2, 0.25) is 13.1 Å². The van der Waals surface area contributed by atoms with Gasteiger partial charge in [0.05, 0.1) is 0 Å². The maximum Gasteiger partial charge on any atom is 4.00 e. The number of benzene rings is 1. The van der Waals surface area contributed by atoms with Gasteiger partial charge in [-0.3, -0.25) is 0 Å². The van der Waals surface area contributed by atoms with Gasteiger partial charge in [0.15, 0.2) is 0 Å². The second-order valence-corrected chi connectivity index (χ2v) is 8.95. The van der Waals surface area contributed by atoms with Crippen LogP contribution in [0.5, 0.6) is 0 Å². The van der Waals surface area contributed by atoms with Gasteiger partial charge in [0, 0.05) is 8.80 Å². The normalized spacial score (nSPS) is 15.5. The SMILES string of the molecule is C=C(C)C(=C)C.CC1=Cc2ccccc2C1[SiH](C)C.[Ti+4]. The summed E-state index contributed by atoms with van der Waals surface area (Å²) < 4.78 is 0. The van der Waals surface area contributed by atoms with E-state index in [0.717, 1.165) is 16.7 Å². The molecule has 1 unspecified atom stereocenters. The van der Waals surface area contributed by atoms with E-state index < -0.39 is 8.80 Å². The van der Waals surface area contributed by atoms with Crippen molar-refractivity contribution >= 4 is 14.9 Å². The number of hydrogen-bond donors (Lipinski definition) is 0. The largest absolute Gasteiger partial charge is 4.00 e. The number of rotatable bonds is 2. The third-order valence-electron chi connectivity index (χ3n) is 3.60. The Balaban J connectivity index is 0.000000448. The molecule has 1 aliphatic carbocycles. The Morgan fingerprint density at radius 1 is 1.05 bits per heavy atom. The summed E-state index contributed by atoms with van der Waals surface area (Å²) in [5.41, 5.74) is 7.51. The van der Waals surface area contributed by atoms with Crippen molar-refractivity contribution in [2.75, 3.05) is 0 Å². The van der Waals surface area contributed by atoms with Crippen LogP contribution in [-0.4, -0.2) is 8.80 Å². The molecule has 0 saturated heterocycles. The molecular weight excluding hydrogens is 292 g/mol. The summed E-state index contributed by atoms with van der Waals surface area (Å²) in [6.45, 7) is 18.3. The van der Waals surface area contributed by atoms with E-state index in [9.17, 15) is 0 Å². The quantitative estimate of drug-likeness (QED) is 0.509. The zero-order valence-corrected chi connectivity index (χ0v) is 16.2. The molecule has 0 bridgehead atoms. The van der Waals surface area contributed by atoms with Crippen LogP contribution in [0, 0.1) is 0 Å². The number of allylic oxidation sites excluding steroid dienone is 3. The molecule has 0 fully saturated rings. The molecule has 0 aliphatic heterocycles. The minimum atomic E-state index is -0.586. The van der Waals surface area contributed by atoms with Gasteiger partial charge in [-0.05, 0) is 37.4 Å². The minimum absolute atomic E-state index is 0. The third kappa shape index (κ3) is 5.05. The van der Waals surface area contributed by atoms with E-state index in [-0.39, 0.29) is 21.7 Å². The maximum atomic E-state index is 3.66. The van der Waals surface area contributed by atoms with Crippen molar-refractivity contribution in [3.05, 3.63) is 65.3 Å². The predicted molar refractivity (Wildman–Crippen MR) is 91.3 cm³/mol. The van der Waals surface area contributed by atoms with Crippen molar-refractivity contribution in [3.8, 4) is 0 Å². The van der Waals surface area contributed by atoms with Gasteiger partial charge in [0.25, 0.3) is 0 Å². The molecule has 0 heterocycles. The van der Waals surface area contributed by atoms with Gasteiger partial charge in [0.2, 0.25) is 0 Å². The van der Waals surface area contributed by atoms with E-state index in [0.29, 0.717) is 0 Å². The van der Waals surface area contributed by atoms with E-state index >= 15 is 0 Å². The maximum absolute atomic E-state index is 3.66. The standard InChI is InChI=1S/C12H16Si.C6H10.Ti/c1-9-8-10-6-4-5-7-11(10)12(9)13(2)3;1-5(2)6(3)4;/h4-8,12-13H,1-3H3;1,3H2,2,4H3;/q;;+4. The molecule has 1 aromatic carbocycles. The van der Waals surface area contributed by atoms with Crippen molar-refractivity contribution in [1.29, 1.82) is 0 Å². The van der Waals surface area contributed by atoms with E-state index in [4.69, 9.17) is 0 Å². The monoisotopic (exact) mass is 318 g/mol. The molecule has 2 heteroatoms. The van der Waals surface area contributed by atoms with Crippen LogP contribution in [0.4, 0.5) is 0 Å². The Bertz CT molecular complexity index is 500. The molecule has 0 aromatic heterocycles. The van der Waals surface area contributed by atoms with Crippen LogP contribution in [0.1, 0.15) is 37.4 Å². The van der Waals surface area contributed by atoms with Crippen LogP contribution in [0.3, 0.4) is 0 Å². The van der Waals surface area contributed by atoms with E-state index in [1.165, 1.54) is 5.56 Å². The topological polar surface area (TPSA) is 0 Å². The first-order chi connectivity index (χ1) is 8.84. The van der Waals surface area contributed by atoms with Crippen LogP contribution in [0.25, 0.3) is 6.08 Å². The minimum Gasteiger partial charge on any atom is -0.0959 e. The molecular formula is C18H26SiTi+4. The third-order valence-corrected chi connectivity index (χ3v) is 5.82. The van der Waals surface area contributed by atoms with Gasteiger partial charge in [0.1, 0.15) is 0 Å². The van der Waals surface area contributed by atoms with E-state index in [2.05, 4.69) is 63.5 Å². The second-order valence-electron chi connectivity index (χ2n) is 5.80. The molecule has 0 spiro atoms. The fourth-order valence-corrected chi connectivity index (χ4v) is 4.56. The van der Waals surface area contributed by atoms with Gasteiger partial charge < -0.3 is 0 Å². The van der Waals surface area contributed by atoms with Gasteiger partial charge in [-0.2, -0.15) is 0 Å². The Kier molecular flexibility index (Phi) is 8.34. The Labute approximate surface area is 141 Å². The van der Waals surface area contributed by atoms with Crippen molar-refractivity contribution in [3.63, 3.8) is 0 Å². The molecule has 1 aromatic rings. The van der Waals surface area contributed by atoms with Crippen molar-refractivity contribution in [2.45, 2.75) is 39.4 Å². The predicted octanol–water partition coefficient (Wildman–Crippen LogP) is 5.35. The molecule has 2 rings (SSSR count). The van der Waals surface area contributed by atoms with Crippen LogP contribution in [0.15, 0.2) is 54.1 Å². The zero-order chi connectivity index (χ0) is 14.6. The first-order valence-electron chi connectivity index (χ1n) is 6.93. The number of hydrogen-bond acceptors (Lipinski definition) is 0.